The summed E-state index contributed by atoms with van der Waals surface area (Å²) in [7, 11) is -3.10. The maximum absolute atomic E-state index is 10.8. The first-order valence-electron chi connectivity index (χ1n) is 3.49. The molecule has 7 heteroatoms. The SMILES string of the molecule is CN(c1ccc(Cl)cc1Cl)S(=O)(=O)O. The second-order valence-electron chi connectivity index (χ2n) is 2.54. The summed E-state index contributed by atoms with van der Waals surface area (Å²) in [6.07, 6.45) is 0. The minimum atomic E-state index is -4.29. The molecule has 0 atom stereocenters. The summed E-state index contributed by atoms with van der Waals surface area (Å²) in [5, 5.41) is 0.542. The Hall–Kier alpha value is -0.490. The molecule has 1 aromatic carbocycles. The minimum absolute atomic E-state index is 0.151. The van der Waals surface area contributed by atoms with Crippen molar-refractivity contribution in [2.24, 2.45) is 0 Å². The average molecular weight is 256 g/mol. The summed E-state index contributed by atoms with van der Waals surface area (Å²) in [6, 6.07) is 4.27. The van der Waals surface area contributed by atoms with Crippen LogP contribution in [-0.4, -0.2) is 20.0 Å². The third-order valence-corrected chi connectivity index (χ3v) is 3.02. The highest BCUT2D eigenvalue weighted by Gasteiger charge is 2.16. The number of nitrogens with zero attached hydrogens (tertiary/aromatic N) is 1. The van der Waals surface area contributed by atoms with Gasteiger partial charge in [-0.2, -0.15) is 8.42 Å². The molecule has 0 spiro atoms. The molecule has 0 saturated carbocycles. The van der Waals surface area contributed by atoms with E-state index in [0.717, 1.165) is 0 Å². The smallest absolute Gasteiger partial charge is 0.269 e. The second kappa shape index (κ2) is 3.94. The summed E-state index contributed by atoms with van der Waals surface area (Å²) in [4.78, 5) is 0. The largest absolute Gasteiger partial charge is 0.359 e. The molecule has 0 aromatic heterocycles. The Morgan fingerprint density at radius 2 is 1.93 bits per heavy atom. The molecule has 78 valence electrons. The van der Waals surface area contributed by atoms with E-state index in [9.17, 15) is 8.42 Å². The van der Waals surface area contributed by atoms with Gasteiger partial charge in [0.25, 0.3) is 0 Å². The third-order valence-electron chi connectivity index (χ3n) is 1.60. The van der Waals surface area contributed by atoms with Crippen LogP contribution >= 0.6 is 23.2 Å². The van der Waals surface area contributed by atoms with Crippen molar-refractivity contribution in [3.63, 3.8) is 0 Å². The molecule has 1 aromatic rings. The Labute approximate surface area is 91.9 Å². The van der Waals surface area contributed by atoms with Crippen LogP contribution in [0.3, 0.4) is 0 Å². The Morgan fingerprint density at radius 3 is 2.36 bits per heavy atom. The highest BCUT2D eigenvalue weighted by Crippen LogP contribution is 2.28. The zero-order valence-electron chi connectivity index (χ0n) is 7.11. The molecule has 0 aliphatic rings. The van der Waals surface area contributed by atoms with Crippen LogP contribution in [0.4, 0.5) is 5.69 Å². The van der Waals surface area contributed by atoms with Gasteiger partial charge >= 0.3 is 10.3 Å². The molecule has 0 unspecified atom stereocenters. The molecule has 0 amide bonds. The van der Waals surface area contributed by atoms with Crippen LogP contribution in [0.15, 0.2) is 18.2 Å². The molecule has 0 radical (unpaired) electrons. The number of benzene rings is 1. The first kappa shape index (κ1) is 11.6. The van der Waals surface area contributed by atoms with Gasteiger partial charge in [0.1, 0.15) is 0 Å². The molecule has 0 aliphatic heterocycles. The van der Waals surface area contributed by atoms with Gasteiger partial charge in [-0.3, -0.25) is 4.55 Å². The van der Waals surface area contributed by atoms with E-state index in [2.05, 4.69) is 0 Å². The molecule has 0 saturated heterocycles. The first-order valence-corrected chi connectivity index (χ1v) is 5.64. The van der Waals surface area contributed by atoms with Gasteiger partial charge in [-0.1, -0.05) is 23.2 Å². The van der Waals surface area contributed by atoms with Crippen molar-refractivity contribution in [3.05, 3.63) is 28.2 Å². The molecule has 14 heavy (non-hydrogen) atoms. The summed E-state index contributed by atoms with van der Waals surface area (Å²) in [6.45, 7) is 0. The average Bonchev–Trinajstić information content (AvgIpc) is 2.01. The Balaban J connectivity index is 3.21. The fraction of sp³-hybridized carbons (Fsp3) is 0.143. The standard InChI is InChI=1S/C7H7Cl2NO3S/c1-10(14(11,12)13)7-3-2-5(8)4-6(7)9/h2-4H,1H3,(H,11,12,13). The van der Waals surface area contributed by atoms with E-state index in [-0.39, 0.29) is 10.7 Å². The van der Waals surface area contributed by atoms with Crippen molar-refractivity contribution in [2.75, 3.05) is 11.4 Å². The van der Waals surface area contributed by atoms with Crippen molar-refractivity contribution < 1.29 is 13.0 Å². The van der Waals surface area contributed by atoms with Gasteiger partial charge in [-0.05, 0) is 18.2 Å². The predicted molar refractivity (Wildman–Crippen MR) is 56.4 cm³/mol. The molecular weight excluding hydrogens is 249 g/mol. The fourth-order valence-corrected chi connectivity index (χ4v) is 1.85. The number of halogens is 2. The van der Waals surface area contributed by atoms with Crippen LogP contribution in [0.25, 0.3) is 0 Å². The molecule has 0 heterocycles. The monoisotopic (exact) mass is 255 g/mol. The fourth-order valence-electron chi connectivity index (χ4n) is 0.861. The van der Waals surface area contributed by atoms with E-state index < -0.39 is 10.3 Å². The predicted octanol–water partition coefficient (Wildman–Crippen LogP) is 2.23. The van der Waals surface area contributed by atoms with Gasteiger partial charge in [0.15, 0.2) is 0 Å². The van der Waals surface area contributed by atoms with Crippen LogP contribution in [0, 0.1) is 0 Å². The maximum Gasteiger partial charge on any atom is 0.359 e. The Kier molecular flexibility index (Phi) is 3.26. The first-order chi connectivity index (χ1) is 6.32. The van der Waals surface area contributed by atoms with Gasteiger partial charge in [-0.15, -0.1) is 0 Å². The Morgan fingerprint density at radius 1 is 1.36 bits per heavy atom. The number of rotatable bonds is 2. The van der Waals surface area contributed by atoms with Gasteiger partial charge in [0.05, 0.1) is 10.7 Å². The molecule has 4 nitrogen and oxygen atoms in total. The van der Waals surface area contributed by atoms with E-state index in [4.69, 9.17) is 27.8 Å². The van der Waals surface area contributed by atoms with E-state index in [1.165, 1.54) is 25.2 Å². The van der Waals surface area contributed by atoms with Gasteiger partial charge in [0.2, 0.25) is 0 Å². The lowest BCUT2D eigenvalue weighted by atomic mass is 10.3. The second-order valence-corrected chi connectivity index (χ2v) is 4.83. The molecule has 1 N–H and O–H groups in total. The van der Waals surface area contributed by atoms with Crippen LogP contribution in [0.2, 0.25) is 10.0 Å². The Bertz CT molecular complexity index is 446. The number of hydrogen-bond donors (Lipinski definition) is 1. The van der Waals surface area contributed by atoms with Crippen LogP contribution < -0.4 is 4.31 Å². The maximum atomic E-state index is 10.8. The van der Waals surface area contributed by atoms with Crippen molar-refractivity contribution in [3.8, 4) is 0 Å². The summed E-state index contributed by atoms with van der Waals surface area (Å²) >= 11 is 11.3. The van der Waals surface area contributed by atoms with Crippen molar-refractivity contribution in [1.82, 2.24) is 0 Å². The zero-order valence-corrected chi connectivity index (χ0v) is 9.44. The van der Waals surface area contributed by atoms with E-state index in [0.29, 0.717) is 9.33 Å². The van der Waals surface area contributed by atoms with E-state index >= 15 is 0 Å². The molecule has 0 bridgehead atoms. The topological polar surface area (TPSA) is 57.6 Å². The van der Waals surface area contributed by atoms with Crippen molar-refractivity contribution in [2.45, 2.75) is 0 Å². The van der Waals surface area contributed by atoms with Crippen molar-refractivity contribution in [1.29, 1.82) is 0 Å². The van der Waals surface area contributed by atoms with Crippen LogP contribution in [0.1, 0.15) is 0 Å². The van der Waals surface area contributed by atoms with E-state index in [1.54, 1.807) is 0 Å². The molecule has 0 aliphatic carbocycles. The van der Waals surface area contributed by atoms with Crippen LogP contribution in [-0.2, 0) is 10.3 Å². The quantitative estimate of drug-likeness (QED) is 0.825. The molecule has 0 fully saturated rings. The highest BCUT2D eigenvalue weighted by atomic mass is 35.5. The van der Waals surface area contributed by atoms with Crippen molar-refractivity contribution >= 4 is 39.2 Å². The normalized spacial score (nSPS) is 11.4. The lowest BCUT2D eigenvalue weighted by molar-refractivity contribution is 0.481. The highest BCUT2D eigenvalue weighted by molar-refractivity contribution is 7.87. The van der Waals surface area contributed by atoms with Crippen LogP contribution in [0.5, 0.6) is 0 Å². The van der Waals surface area contributed by atoms with Gasteiger partial charge in [0, 0.05) is 12.1 Å². The van der Waals surface area contributed by atoms with Gasteiger partial charge < -0.3 is 0 Å². The molecular formula is C7H7Cl2NO3S. The molecule has 1 rings (SSSR count). The zero-order chi connectivity index (χ0) is 10.9. The summed E-state index contributed by atoms with van der Waals surface area (Å²) in [5.41, 5.74) is 0.165. The number of anilines is 1. The third kappa shape index (κ3) is 2.51. The lowest BCUT2D eigenvalue weighted by Gasteiger charge is -2.16. The summed E-state index contributed by atoms with van der Waals surface area (Å²) < 4.78 is 30.9. The van der Waals surface area contributed by atoms with E-state index in [1.807, 2.05) is 0 Å². The van der Waals surface area contributed by atoms with Gasteiger partial charge in [-0.25, -0.2) is 4.31 Å². The lowest BCUT2D eigenvalue weighted by Crippen LogP contribution is -2.25. The summed E-state index contributed by atoms with van der Waals surface area (Å²) in [5.74, 6) is 0. The number of hydrogen-bond acceptors (Lipinski definition) is 2. The minimum Gasteiger partial charge on any atom is -0.269 e.